The molecule has 1 aliphatic rings. The van der Waals surface area contributed by atoms with Crippen LogP contribution < -0.4 is 11.1 Å². The Kier molecular flexibility index (Phi) is 3.72. The second kappa shape index (κ2) is 5.08. The summed E-state index contributed by atoms with van der Waals surface area (Å²) in [6.07, 6.45) is 7.95. The summed E-state index contributed by atoms with van der Waals surface area (Å²) < 4.78 is 0. The molecule has 1 aromatic heterocycles. The molecule has 5 heteroatoms. The van der Waals surface area contributed by atoms with Gasteiger partial charge in [0.1, 0.15) is 12.0 Å². The molecule has 0 bridgehead atoms. The first-order valence-corrected chi connectivity index (χ1v) is 6.48. The van der Waals surface area contributed by atoms with Gasteiger partial charge in [0.15, 0.2) is 11.0 Å². The minimum atomic E-state index is 0.316. The molecule has 0 radical (unpaired) electrons. The van der Waals surface area contributed by atoms with Crippen LogP contribution in [0.2, 0.25) is 5.15 Å². The molecule has 0 atom stereocenters. The lowest BCUT2D eigenvalue weighted by Crippen LogP contribution is -2.29. The Morgan fingerprint density at radius 1 is 1.35 bits per heavy atom. The number of halogens is 1. The van der Waals surface area contributed by atoms with E-state index in [0.29, 0.717) is 22.1 Å². The Bertz CT molecular complexity index is 388. The van der Waals surface area contributed by atoms with Crippen LogP contribution in [-0.2, 0) is 0 Å². The smallest absolute Gasteiger partial charge is 0.157 e. The van der Waals surface area contributed by atoms with E-state index in [9.17, 15) is 0 Å². The van der Waals surface area contributed by atoms with Crippen molar-refractivity contribution in [1.29, 1.82) is 0 Å². The molecule has 1 fully saturated rings. The number of aromatic nitrogens is 2. The SMILES string of the molecule is CC1(CNc2ncnc(Cl)c2N)CCCCC1. The van der Waals surface area contributed by atoms with Crippen LogP contribution in [0.25, 0.3) is 0 Å². The fourth-order valence-electron chi connectivity index (χ4n) is 2.39. The maximum atomic E-state index is 5.85. The van der Waals surface area contributed by atoms with Crippen LogP contribution in [0.3, 0.4) is 0 Å². The van der Waals surface area contributed by atoms with Crippen LogP contribution in [0.15, 0.2) is 6.33 Å². The summed E-state index contributed by atoms with van der Waals surface area (Å²) in [5.74, 6) is 0.650. The van der Waals surface area contributed by atoms with Crippen molar-refractivity contribution in [3.8, 4) is 0 Å². The summed E-state index contributed by atoms with van der Waals surface area (Å²) in [4.78, 5) is 7.96. The van der Waals surface area contributed by atoms with E-state index in [0.717, 1.165) is 6.54 Å². The lowest BCUT2D eigenvalue weighted by Gasteiger charge is -2.33. The monoisotopic (exact) mass is 254 g/mol. The van der Waals surface area contributed by atoms with Gasteiger partial charge in [0.05, 0.1) is 0 Å². The van der Waals surface area contributed by atoms with Crippen molar-refractivity contribution in [2.24, 2.45) is 5.41 Å². The molecular formula is C12H19ClN4. The highest BCUT2D eigenvalue weighted by atomic mass is 35.5. The van der Waals surface area contributed by atoms with Crippen LogP contribution in [0.4, 0.5) is 11.5 Å². The quantitative estimate of drug-likeness (QED) is 0.814. The number of rotatable bonds is 3. The molecule has 4 nitrogen and oxygen atoms in total. The van der Waals surface area contributed by atoms with Crippen LogP contribution >= 0.6 is 11.6 Å². The second-order valence-corrected chi connectivity index (χ2v) is 5.51. The first-order chi connectivity index (χ1) is 8.11. The zero-order valence-electron chi connectivity index (χ0n) is 10.2. The number of hydrogen-bond acceptors (Lipinski definition) is 4. The van der Waals surface area contributed by atoms with Crippen molar-refractivity contribution >= 4 is 23.1 Å². The first kappa shape index (κ1) is 12.4. The maximum absolute atomic E-state index is 5.85. The highest BCUT2D eigenvalue weighted by Crippen LogP contribution is 2.36. The van der Waals surface area contributed by atoms with E-state index in [1.165, 1.54) is 38.4 Å². The molecule has 1 aromatic rings. The van der Waals surface area contributed by atoms with Crippen molar-refractivity contribution in [2.45, 2.75) is 39.0 Å². The molecule has 0 amide bonds. The van der Waals surface area contributed by atoms with Crippen molar-refractivity contribution in [3.05, 3.63) is 11.5 Å². The molecule has 94 valence electrons. The maximum Gasteiger partial charge on any atom is 0.157 e. The largest absolute Gasteiger partial charge is 0.393 e. The Morgan fingerprint density at radius 2 is 2.06 bits per heavy atom. The van der Waals surface area contributed by atoms with Crippen molar-refractivity contribution in [1.82, 2.24) is 9.97 Å². The summed E-state index contributed by atoms with van der Waals surface area (Å²) in [7, 11) is 0. The molecule has 0 unspecified atom stereocenters. The molecule has 1 aliphatic carbocycles. The van der Waals surface area contributed by atoms with Gasteiger partial charge in [-0.2, -0.15) is 0 Å². The minimum Gasteiger partial charge on any atom is -0.393 e. The minimum absolute atomic E-state index is 0.316. The van der Waals surface area contributed by atoms with Gasteiger partial charge >= 0.3 is 0 Å². The number of anilines is 2. The number of nitrogens with two attached hydrogens (primary N) is 1. The van der Waals surface area contributed by atoms with Gasteiger partial charge < -0.3 is 11.1 Å². The van der Waals surface area contributed by atoms with Crippen molar-refractivity contribution in [3.63, 3.8) is 0 Å². The highest BCUT2D eigenvalue weighted by molar-refractivity contribution is 6.32. The predicted octanol–water partition coefficient (Wildman–Crippen LogP) is 3.09. The van der Waals surface area contributed by atoms with Gasteiger partial charge in [-0.1, -0.05) is 37.8 Å². The van der Waals surface area contributed by atoms with E-state index in [1.807, 2.05) is 0 Å². The van der Waals surface area contributed by atoms with Gasteiger partial charge in [-0.15, -0.1) is 0 Å². The zero-order valence-corrected chi connectivity index (χ0v) is 10.9. The van der Waals surface area contributed by atoms with E-state index in [-0.39, 0.29) is 0 Å². The summed E-state index contributed by atoms with van der Waals surface area (Å²) in [5, 5.41) is 3.62. The average Bonchev–Trinajstić information content (AvgIpc) is 2.32. The molecular weight excluding hydrogens is 236 g/mol. The summed E-state index contributed by atoms with van der Waals surface area (Å²) in [6.45, 7) is 3.21. The standard InChI is InChI=1S/C12H19ClN4/c1-12(5-3-2-4-6-12)7-15-11-9(14)10(13)16-8-17-11/h8H,2-7,14H2,1H3,(H,15,16,17). The normalized spacial score (nSPS) is 18.9. The van der Waals surface area contributed by atoms with Crippen LogP contribution in [0, 0.1) is 5.41 Å². The van der Waals surface area contributed by atoms with Crippen molar-refractivity contribution < 1.29 is 0 Å². The molecule has 3 N–H and O–H groups in total. The van der Waals surface area contributed by atoms with Crippen molar-refractivity contribution in [2.75, 3.05) is 17.6 Å². The average molecular weight is 255 g/mol. The fourth-order valence-corrected chi connectivity index (χ4v) is 2.53. The zero-order chi connectivity index (χ0) is 12.3. The van der Waals surface area contributed by atoms with Crippen LogP contribution in [0.5, 0.6) is 0 Å². The van der Waals surface area contributed by atoms with Crippen LogP contribution in [0.1, 0.15) is 39.0 Å². The van der Waals surface area contributed by atoms with Gasteiger partial charge in [0.25, 0.3) is 0 Å². The molecule has 1 heterocycles. The Morgan fingerprint density at radius 3 is 2.76 bits per heavy atom. The first-order valence-electron chi connectivity index (χ1n) is 6.11. The Balaban J connectivity index is 1.99. The van der Waals surface area contributed by atoms with E-state index >= 15 is 0 Å². The third-order valence-corrected chi connectivity index (χ3v) is 3.88. The summed E-state index contributed by atoms with van der Waals surface area (Å²) in [5.41, 5.74) is 6.61. The summed E-state index contributed by atoms with van der Waals surface area (Å²) >= 11 is 5.85. The second-order valence-electron chi connectivity index (χ2n) is 5.15. The Hall–Kier alpha value is -1.03. The topological polar surface area (TPSA) is 63.8 Å². The molecule has 0 aromatic carbocycles. The van der Waals surface area contributed by atoms with E-state index in [4.69, 9.17) is 17.3 Å². The molecule has 2 rings (SSSR count). The number of nitrogen functional groups attached to an aromatic ring is 1. The molecule has 17 heavy (non-hydrogen) atoms. The van der Waals surface area contributed by atoms with Gasteiger partial charge in [-0.3, -0.25) is 0 Å². The molecule has 0 saturated heterocycles. The highest BCUT2D eigenvalue weighted by Gasteiger charge is 2.26. The number of nitrogens with one attached hydrogen (secondary N) is 1. The van der Waals surface area contributed by atoms with Gasteiger partial charge in [0, 0.05) is 6.54 Å². The van der Waals surface area contributed by atoms with E-state index in [2.05, 4.69) is 22.2 Å². The summed E-state index contributed by atoms with van der Waals surface area (Å²) in [6, 6.07) is 0. The lowest BCUT2D eigenvalue weighted by atomic mass is 9.76. The van der Waals surface area contributed by atoms with Gasteiger partial charge in [0.2, 0.25) is 0 Å². The third-order valence-electron chi connectivity index (χ3n) is 3.58. The van der Waals surface area contributed by atoms with Crippen LogP contribution in [-0.4, -0.2) is 16.5 Å². The lowest BCUT2D eigenvalue weighted by molar-refractivity contribution is 0.233. The Labute approximate surface area is 107 Å². The predicted molar refractivity (Wildman–Crippen MR) is 71.1 cm³/mol. The van der Waals surface area contributed by atoms with Gasteiger partial charge in [-0.05, 0) is 18.3 Å². The number of nitrogens with zero attached hydrogens (tertiary/aromatic N) is 2. The fraction of sp³-hybridized carbons (Fsp3) is 0.667. The number of hydrogen-bond donors (Lipinski definition) is 2. The van der Waals surface area contributed by atoms with E-state index in [1.54, 1.807) is 0 Å². The third kappa shape index (κ3) is 3.00. The molecule has 0 aliphatic heterocycles. The van der Waals surface area contributed by atoms with Gasteiger partial charge in [-0.25, -0.2) is 9.97 Å². The molecule has 1 saturated carbocycles. The molecule has 0 spiro atoms. The van der Waals surface area contributed by atoms with E-state index < -0.39 is 0 Å².